The van der Waals surface area contributed by atoms with E-state index in [1.54, 1.807) is 42.9 Å². The van der Waals surface area contributed by atoms with Crippen LogP contribution in [0.2, 0.25) is 0 Å². The van der Waals surface area contributed by atoms with Crippen LogP contribution in [-0.4, -0.2) is 17.8 Å². The fraction of sp³-hybridized carbons (Fsp3) is 0.286. The summed E-state index contributed by atoms with van der Waals surface area (Å²) in [5.74, 6) is 0.360. The van der Waals surface area contributed by atoms with Crippen LogP contribution in [0, 0.1) is 6.92 Å². The lowest BCUT2D eigenvalue weighted by Gasteiger charge is -2.11. The maximum absolute atomic E-state index is 12.9. The predicted molar refractivity (Wildman–Crippen MR) is 112 cm³/mol. The molecule has 0 saturated carbocycles. The average molecular weight is 400 g/mol. The third-order valence-electron chi connectivity index (χ3n) is 5.16. The summed E-state index contributed by atoms with van der Waals surface area (Å²) >= 11 is 0. The molecular formula is C21H25N3O3S. The van der Waals surface area contributed by atoms with E-state index in [-0.39, 0.29) is 10.6 Å². The summed E-state index contributed by atoms with van der Waals surface area (Å²) in [4.78, 5) is 13.1. The van der Waals surface area contributed by atoms with Crippen LogP contribution in [-0.2, 0) is 17.1 Å². The molecule has 0 aliphatic heterocycles. The second-order valence-corrected chi connectivity index (χ2v) is 8.60. The topological polar surface area (TPSA) is 73.1 Å². The van der Waals surface area contributed by atoms with Gasteiger partial charge in [0.25, 0.3) is 15.6 Å². The number of anilines is 1. The molecule has 2 aromatic carbocycles. The maximum atomic E-state index is 12.9. The van der Waals surface area contributed by atoms with Crippen molar-refractivity contribution >= 4 is 15.7 Å². The molecule has 0 fully saturated rings. The van der Waals surface area contributed by atoms with Crippen LogP contribution in [0.1, 0.15) is 37.4 Å². The Morgan fingerprint density at radius 2 is 1.64 bits per heavy atom. The number of rotatable bonds is 6. The number of hydrogen-bond donors (Lipinski definition) is 1. The summed E-state index contributed by atoms with van der Waals surface area (Å²) in [5, 5.41) is 0. The Bertz CT molecular complexity index is 1130. The molecule has 1 heterocycles. The van der Waals surface area contributed by atoms with Crippen LogP contribution in [0.15, 0.2) is 64.3 Å². The zero-order chi connectivity index (χ0) is 20.5. The Labute approximate surface area is 165 Å². The normalized spacial score (nSPS) is 12.7. The van der Waals surface area contributed by atoms with Gasteiger partial charge in [0.05, 0.1) is 16.3 Å². The van der Waals surface area contributed by atoms with Gasteiger partial charge in [-0.15, -0.1) is 0 Å². The zero-order valence-electron chi connectivity index (χ0n) is 16.5. The maximum Gasteiger partial charge on any atom is 0.296 e. The SMILES string of the molecule is CC[C@@H](C)c1ccc(S(=O)(=O)Nc2c(C)n(C)n(-c3ccccc3)c2=O)cc1. The molecule has 0 amide bonds. The minimum Gasteiger partial charge on any atom is -0.283 e. The van der Waals surface area contributed by atoms with Gasteiger partial charge in [0.15, 0.2) is 0 Å². The third-order valence-corrected chi connectivity index (χ3v) is 6.53. The molecule has 0 bridgehead atoms. The van der Waals surface area contributed by atoms with Gasteiger partial charge in [-0.3, -0.25) is 14.2 Å². The Kier molecular flexibility index (Phi) is 5.47. The highest BCUT2D eigenvalue weighted by Gasteiger charge is 2.22. The van der Waals surface area contributed by atoms with Crippen LogP contribution >= 0.6 is 0 Å². The molecule has 0 saturated heterocycles. The van der Waals surface area contributed by atoms with E-state index in [1.165, 1.54) is 4.68 Å². The van der Waals surface area contributed by atoms with Crippen LogP contribution < -0.4 is 10.3 Å². The molecule has 3 aromatic rings. The molecule has 1 atom stereocenters. The van der Waals surface area contributed by atoms with Gasteiger partial charge in [-0.05, 0) is 49.1 Å². The van der Waals surface area contributed by atoms with Crippen molar-refractivity contribution in [1.82, 2.24) is 9.36 Å². The first kappa shape index (κ1) is 19.9. The third kappa shape index (κ3) is 3.62. The van der Waals surface area contributed by atoms with Crippen LogP contribution in [0.25, 0.3) is 5.69 Å². The van der Waals surface area contributed by atoms with Crippen molar-refractivity contribution < 1.29 is 8.42 Å². The summed E-state index contributed by atoms with van der Waals surface area (Å²) in [6.45, 7) is 5.90. The quantitative estimate of drug-likeness (QED) is 0.685. The van der Waals surface area contributed by atoms with Crippen LogP contribution in [0.3, 0.4) is 0 Å². The second-order valence-electron chi connectivity index (χ2n) is 6.92. The number of benzene rings is 2. The molecular weight excluding hydrogens is 374 g/mol. The van der Waals surface area contributed by atoms with E-state index in [0.29, 0.717) is 17.3 Å². The molecule has 1 aromatic heterocycles. The number of para-hydroxylation sites is 1. The van der Waals surface area contributed by atoms with Gasteiger partial charge >= 0.3 is 0 Å². The van der Waals surface area contributed by atoms with E-state index in [2.05, 4.69) is 18.6 Å². The van der Waals surface area contributed by atoms with E-state index in [0.717, 1.165) is 12.0 Å². The van der Waals surface area contributed by atoms with E-state index in [9.17, 15) is 13.2 Å². The molecule has 0 spiro atoms. The Balaban J connectivity index is 1.98. The zero-order valence-corrected chi connectivity index (χ0v) is 17.3. The van der Waals surface area contributed by atoms with Crippen molar-refractivity contribution in [2.45, 2.75) is 38.0 Å². The van der Waals surface area contributed by atoms with Crippen LogP contribution in [0.4, 0.5) is 5.69 Å². The highest BCUT2D eigenvalue weighted by atomic mass is 32.2. The smallest absolute Gasteiger partial charge is 0.283 e. The van der Waals surface area contributed by atoms with E-state index < -0.39 is 15.6 Å². The monoisotopic (exact) mass is 399 g/mol. The predicted octanol–water partition coefficient (Wildman–Crippen LogP) is 3.80. The highest BCUT2D eigenvalue weighted by Crippen LogP contribution is 2.22. The Morgan fingerprint density at radius 3 is 2.21 bits per heavy atom. The lowest BCUT2D eigenvalue weighted by atomic mass is 9.99. The van der Waals surface area contributed by atoms with Crippen molar-refractivity contribution in [3.05, 3.63) is 76.2 Å². The number of hydrogen-bond acceptors (Lipinski definition) is 3. The minimum atomic E-state index is -3.87. The Hall–Kier alpha value is -2.80. The van der Waals surface area contributed by atoms with E-state index >= 15 is 0 Å². The molecule has 0 radical (unpaired) electrons. The van der Waals surface area contributed by atoms with Crippen LogP contribution in [0.5, 0.6) is 0 Å². The number of nitrogens with one attached hydrogen (secondary N) is 1. The van der Waals surface area contributed by atoms with Gasteiger partial charge in [-0.1, -0.05) is 44.2 Å². The first-order valence-corrected chi connectivity index (χ1v) is 10.7. The van der Waals surface area contributed by atoms with Gasteiger partial charge in [0, 0.05) is 7.05 Å². The van der Waals surface area contributed by atoms with Crippen molar-refractivity contribution in [1.29, 1.82) is 0 Å². The lowest BCUT2D eigenvalue weighted by Crippen LogP contribution is -2.23. The molecule has 148 valence electrons. The van der Waals surface area contributed by atoms with Gasteiger partial charge in [-0.25, -0.2) is 13.1 Å². The average Bonchev–Trinajstić information content (AvgIpc) is 2.91. The molecule has 28 heavy (non-hydrogen) atoms. The fourth-order valence-corrected chi connectivity index (χ4v) is 4.21. The Morgan fingerprint density at radius 1 is 1.04 bits per heavy atom. The minimum absolute atomic E-state index is 0.0531. The lowest BCUT2D eigenvalue weighted by molar-refractivity contribution is 0.601. The first-order chi connectivity index (χ1) is 13.3. The van der Waals surface area contributed by atoms with Crippen molar-refractivity contribution in [3.8, 4) is 5.69 Å². The van der Waals surface area contributed by atoms with Gasteiger partial charge in [-0.2, -0.15) is 0 Å². The molecule has 1 N–H and O–H groups in total. The largest absolute Gasteiger partial charge is 0.296 e. The summed E-state index contributed by atoms with van der Waals surface area (Å²) in [6, 6.07) is 15.9. The molecule has 6 nitrogen and oxygen atoms in total. The molecule has 0 unspecified atom stereocenters. The number of sulfonamides is 1. The standard InChI is InChI=1S/C21H25N3O3S/c1-5-15(2)17-11-13-19(14-12-17)28(26,27)22-20-16(3)23(4)24(21(20)25)18-9-7-6-8-10-18/h6-15,22H,5H2,1-4H3/t15-/m1/s1. The summed E-state index contributed by atoms with van der Waals surface area (Å²) < 4.78 is 31.3. The van der Waals surface area contributed by atoms with E-state index in [1.807, 2.05) is 30.3 Å². The molecule has 0 aliphatic carbocycles. The van der Waals surface area contributed by atoms with Crippen molar-refractivity contribution in [2.24, 2.45) is 7.05 Å². The molecule has 3 rings (SSSR count). The number of nitrogens with zero attached hydrogens (tertiary/aromatic N) is 2. The second kappa shape index (κ2) is 7.67. The summed E-state index contributed by atoms with van der Waals surface area (Å²) in [7, 11) is -2.15. The van der Waals surface area contributed by atoms with Crippen molar-refractivity contribution in [2.75, 3.05) is 4.72 Å². The van der Waals surface area contributed by atoms with Crippen molar-refractivity contribution in [3.63, 3.8) is 0 Å². The summed E-state index contributed by atoms with van der Waals surface area (Å²) in [6.07, 6.45) is 0.979. The first-order valence-electron chi connectivity index (χ1n) is 9.23. The van der Waals surface area contributed by atoms with Gasteiger partial charge < -0.3 is 0 Å². The highest BCUT2D eigenvalue weighted by molar-refractivity contribution is 7.92. The molecule has 7 heteroatoms. The van der Waals surface area contributed by atoms with Gasteiger partial charge in [0.1, 0.15) is 5.69 Å². The van der Waals surface area contributed by atoms with Gasteiger partial charge in [0.2, 0.25) is 0 Å². The van der Waals surface area contributed by atoms with E-state index in [4.69, 9.17) is 0 Å². The summed E-state index contributed by atoms with van der Waals surface area (Å²) in [5.41, 5.74) is 1.93. The number of aromatic nitrogens is 2. The fourth-order valence-electron chi connectivity index (χ4n) is 3.09. The molecule has 0 aliphatic rings.